The minimum Gasteiger partial charge on any atom is -0.549 e. The maximum Gasteiger partial charge on any atom is 1.00 e. The second kappa shape index (κ2) is 26.9. The molecule has 30 heavy (non-hydrogen) atoms. The van der Waals surface area contributed by atoms with Crippen LogP contribution in [0.4, 0.5) is 0 Å². The largest absolute Gasteiger partial charge is 1.00 e. The van der Waals surface area contributed by atoms with Crippen molar-refractivity contribution in [2.24, 2.45) is 0 Å². The summed E-state index contributed by atoms with van der Waals surface area (Å²) in [6.45, 7) is 6.32. The number of hydrogen-bond acceptors (Lipinski definition) is 3. The van der Waals surface area contributed by atoms with Crippen LogP contribution in [0.25, 0.3) is 0 Å². The van der Waals surface area contributed by atoms with Crippen molar-refractivity contribution in [1.29, 1.82) is 0 Å². The van der Waals surface area contributed by atoms with Gasteiger partial charge in [-0.2, -0.15) is 0 Å². The van der Waals surface area contributed by atoms with E-state index in [9.17, 15) is 9.90 Å². The van der Waals surface area contributed by atoms with Gasteiger partial charge in [0.1, 0.15) is 0 Å². The van der Waals surface area contributed by atoms with Crippen molar-refractivity contribution in [3.8, 4) is 0 Å². The first-order valence-corrected chi connectivity index (χ1v) is 12.4. The monoisotopic (exact) mass is 429 g/mol. The first-order valence-electron chi connectivity index (χ1n) is 12.4. The van der Waals surface area contributed by atoms with Crippen LogP contribution in [-0.4, -0.2) is 30.5 Å². The SMILES string of the molecule is CCCC/C=C/CCCCCCN(CCCCCC/C=C/CCCC)CC(=O)[O-].[Na+]. The van der Waals surface area contributed by atoms with Crippen LogP contribution in [0.3, 0.4) is 0 Å². The Morgan fingerprint density at radius 1 is 0.633 bits per heavy atom. The molecule has 3 nitrogen and oxygen atoms in total. The van der Waals surface area contributed by atoms with Crippen molar-refractivity contribution in [3.63, 3.8) is 0 Å². The molecule has 0 aliphatic carbocycles. The second-order valence-electron chi connectivity index (χ2n) is 8.28. The summed E-state index contributed by atoms with van der Waals surface area (Å²) in [5, 5.41) is 11.0. The van der Waals surface area contributed by atoms with Crippen LogP contribution in [0.5, 0.6) is 0 Å². The first-order chi connectivity index (χ1) is 14.2. The van der Waals surface area contributed by atoms with E-state index in [1.165, 1.54) is 89.9 Å². The molecule has 0 atom stereocenters. The van der Waals surface area contributed by atoms with Gasteiger partial charge in [0.05, 0.1) is 5.97 Å². The van der Waals surface area contributed by atoms with Gasteiger partial charge in [0.15, 0.2) is 0 Å². The van der Waals surface area contributed by atoms with Gasteiger partial charge < -0.3 is 9.90 Å². The van der Waals surface area contributed by atoms with Crippen LogP contribution >= 0.6 is 0 Å². The van der Waals surface area contributed by atoms with Crippen LogP contribution in [0.15, 0.2) is 24.3 Å². The second-order valence-corrected chi connectivity index (χ2v) is 8.28. The number of carbonyl (C=O) groups excluding carboxylic acids is 1. The molecule has 0 aromatic rings. The molecular weight excluding hydrogens is 381 g/mol. The molecule has 0 aromatic carbocycles. The Balaban J connectivity index is 0. The van der Waals surface area contributed by atoms with Gasteiger partial charge in [-0.05, 0) is 64.5 Å². The summed E-state index contributed by atoms with van der Waals surface area (Å²) < 4.78 is 0. The van der Waals surface area contributed by atoms with E-state index in [2.05, 4.69) is 43.1 Å². The molecule has 0 heterocycles. The zero-order valence-electron chi connectivity index (χ0n) is 20.5. The van der Waals surface area contributed by atoms with Gasteiger partial charge in [0.2, 0.25) is 0 Å². The number of allylic oxidation sites excluding steroid dienone is 4. The number of rotatable bonds is 22. The van der Waals surface area contributed by atoms with Gasteiger partial charge >= 0.3 is 29.6 Å². The van der Waals surface area contributed by atoms with E-state index in [1.54, 1.807) is 0 Å². The third-order valence-corrected chi connectivity index (χ3v) is 5.32. The maximum absolute atomic E-state index is 11.0. The van der Waals surface area contributed by atoms with Crippen molar-refractivity contribution >= 4 is 5.97 Å². The standard InChI is InChI=1S/C26H49NO2.Na/c1-3-5-7-9-11-13-15-17-19-21-23-27(25-26(28)29)24-22-20-18-16-14-12-10-8-6-4-2;/h9-12H,3-8,13-25H2,1-2H3,(H,28,29);/q;+1/p-1/b11-9+,12-10+;. The normalized spacial score (nSPS) is 11.6. The average Bonchev–Trinajstić information content (AvgIpc) is 2.70. The van der Waals surface area contributed by atoms with E-state index >= 15 is 0 Å². The maximum atomic E-state index is 11.0. The molecule has 0 rings (SSSR count). The fraction of sp³-hybridized carbons (Fsp3) is 0.808. The van der Waals surface area contributed by atoms with E-state index in [0.717, 1.165) is 25.9 Å². The van der Waals surface area contributed by atoms with Gasteiger partial charge in [0, 0.05) is 6.54 Å². The van der Waals surface area contributed by atoms with E-state index in [0.29, 0.717) is 0 Å². The quantitative estimate of drug-likeness (QED) is 0.150. The molecule has 0 bridgehead atoms. The summed E-state index contributed by atoms with van der Waals surface area (Å²) in [7, 11) is 0. The van der Waals surface area contributed by atoms with E-state index < -0.39 is 5.97 Å². The smallest absolute Gasteiger partial charge is 0.549 e. The van der Waals surface area contributed by atoms with Crippen molar-refractivity contribution in [2.75, 3.05) is 19.6 Å². The van der Waals surface area contributed by atoms with Crippen LogP contribution in [0, 0.1) is 0 Å². The third-order valence-electron chi connectivity index (χ3n) is 5.32. The topological polar surface area (TPSA) is 43.4 Å². The number of nitrogens with zero attached hydrogens (tertiary/aromatic N) is 1. The van der Waals surface area contributed by atoms with E-state index in [4.69, 9.17) is 0 Å². The van der Waals surface area contributed by atoms with Gasteiger partial charge in [-0.25, -0.2) is 0 Å². The first kappa shape index (κ1) is 32.1. The number of unbranched alkanes of at least 4 members (excludes halogenated alkanes) is 12. The zero-order chi connectivity index (χ0) is 21.4. The zero-order valence-corrected chi connectivity index (χ0v) is 22.5. The molecule has 0 aliphatic heterocycles. The summed E-state index contributed by atoms with van der Waals surface area (Å²) >= 11 is 0. The molecule has 0 N–H and O–H groups in total. The fourth-order valence-electron chi connectivity index (χ4n) is 3.47. The molecule has 0 fully saturated rings. The van der Waals surface area contributed by atoms with E-state index in [-0.39, 0.29) is 36.1 Å². The predicted molar refractivity (Wildman–Crippen MR) is 125 cm³/mol. The van der Waals surface area contributed by atoms with Crippen molar-refractivity contribution in [3.05, 3.63) is 24.3 Å². The van der Waals surface area contributed by atoms with Crippen molar-refractivity contribution < 1.29 is 39.5 Å². The minimum atomic E-state index is -0.945. The van der Waals surface area contributed by atoms with Gasteiger partial charge in [-0.1, -0.05) is 89.5 Å². The Kier molecular flexibility index (Phi) is 28.8. The molecule has 0 saturated carbocycles. The summed E-state index contributed by atoms with van der Waals surface area (Å²) in [4.78, 5) is 13.1. The number of hydrogen-bond donors (Lipinski definition) is 0. The van der Waals surface area contributed by atoms with Crippen molar-refractivity contribution in [2.45, 2.75) is 117 Å². The van der Waals surface area contributed by atoms with Crippen molar-refractivity contribution in [1.82, 2.24) is 4.90 Å². The molecule has 0 radical (unpaired) electrons. The molecule has 4 heteroatoms. The summed E-state index contributed by atoms with van der Waals surface area (Å²) in [6, 6.07) is 0. The van der Waals surface area contributed by atoms with Crippen LogP contribution in [0.2, 0.25) is 0 Å². The molecule has 0 spiro atoms. The van der Waals surface area contributed by atoms with Gasteiger partial charge in [-0.15, -0.1) is 0 Å². The van der Waals surface area contributed by atoms with Gasteiger partial charge in [0.25, 0.3) is 0 Å². The molecule has 0 unspecified atom stereocenters. The van der Waals surface area contributed by atoms with E-state index in [1.807, 2.05) is 0 Å². The molecule has 0 saturated heterocycles. The Morgan fingerprint density at radius 3 is 1.37 bits per heavy atom. The summed E-state index contributed by atoms with van der Waals surface area (Å²) in [6.07, 6.45) is 28.7. The number of carbonyl (C=O) groups is 1. The Labute approximate surface area is 210 Å². The fourth-order valence-corrected chi connectivity index (χ4v) is 3.47. The minimum absolute atomic E-state index is 0. The van der Waals surface area contributed by atoms with Crippen LogP contribution in [0.1, 0.15) is 117 Å². The molecule has 0 aromatic heterocycles. The number of carboxylic acid groups (broad SMARTS) is 1. The Bertz CT molecular complexity index is 380. The molecule has 0 aliphatic rings. The van der Waals surface area contributed by atoms with Crippen LogP contribution in [-0.2, 0) is 4.79 Å². The molecular formula is C26H48NNaO2. The average molecular weight is 430 g/mol. The Morgan fingerprint density at radius 2 is 1.00 bits per heavy atom. The number of carboxylic acids is 1. The van der Waals surface area contributed by atoms with Gasteiger partial charge in [-0.3, -0.25) is 4.90 Å². The third kappa shape index (κ3) is 25.9. The Hall–Kier alpha value is -0.0900. The molecule has 170 valence electrons. The molecule has 0 amide bonds. The number of aliphatic carboxylic acids is 1. The summed E-state index contributed by atoms with van der Waals surface area (Å²) in [5.41, 5.74) is 0. The van der Waals surface area contributed by atoms with Crippen LogP contribution < -0.4 is 34.7 Å². The predicted octanol–water partition coefficient (Wildman–Crippen LogP) is 3.44. The summed E-state index contributed by atoms with van der Waals surface area (Å²) in [5.74, 6) is -0.945.